The highest BCUT2D eigenvalue weighted by Crippen LogP contribution is 2.16. The number of alkyl halides is 2. The van der Waals surface area contributed by atoms with Crippen molar-refractivity contribution in [2.45, 2.75) is 45.8 Å². The summed E-state index contributed by atoms with van der Waals surface area (Å²) in [5.74, 6) is 0.221. The predicted octanol–water partition coefficient (Wildman–Crippen LogP) is 3.48. The van der Waals surface area contributed by atoms with Crippen LogP contribution in [0.1, 0.15) is 32.3 Å². The second kappa shape index (κ2) is 7.82. The fourth-order valence-corrected chi connectivity index (χ4v) is 1.78. The van der Waals surface area contributed by atoms with E-state index in [9.17, 15) is 13.6 Å². The van der Waals surface area contributed by atoms with Gasteiger partial charge in [-0.2, -0.15) is 8.78 Å². The van der Waals surface area contributed by atoms with E-state index >= 15 is 0 Å². The number of hydrogen-bond acceptors (Lipinski definition) is 2. The van der Waals surface area contributed by atoms with E-state index < -0.39 is 6.61 Å². The Morgan fingerprint density at radius 2 is 1.90 bits per heavy atom. The molecule has 0 spiro atoms. The SMILES string of the molecule is CCC(C)N(C)C(=O)CCc1ccc(OC(F)F)cc1. The first-order valence-corrected chi connectivity index (χ1v) is 6.73. The van der Waals surface area contributed by atoms with E-state index in [4.69, 9.17) is 0 Å². The van der Waals surface area contributed by atoms with E-state index in [2.05, 4.69) is 4.74 Å². The molecule has 0 aliphatic heterocycles. The summed E-state index contributed by atoms with van der Waals surface area (Å²) in [4.78, 5) is 13.7. The van der Waals surface area contributed by atoms with Crippen molar-refractivity contribution in [2.75, 3.05) is 7.05 Å². The minimum Gasteiger partial charge on any atom is -0.435 e. The van der Waals surface area contributed by atoms with Gasteiger partial charge in [0.2, 0.25) is 5.91 Å². The van der Waals surface area contributed by atoms with Gasteiger partial charge in [-0.25, -0.2) is 0 Å². The molecule has 0 aliphatic rings. The Morgan fingerprint density at radius 1 is 1.30 bits per heavy atom. The van der Waals surface area contributed by atoms with Gasteiger partial charge in [-0.15, -0.1) is 0 Å². The highest BCUT2D eigenvalue weighted by Gasteiger charge is 2.13. The molecule has 0 saturated carbocycles. The summed E-state index contributed by atoms with van der Waals surface area (Å²) in [6, 6.07) is 6.61. The molecule has 0 saturated heterocycles. The zero-order valence-corrected chi connectivity index (χ0v) is 12.1. The molecule has 1 amide bonds. The molecule has 1 rings (SSSR count). The Hall–Kier alpha value is -1.65. The van der Waals surface area contributed by atoms with Crippen LogP contribution >= 0.6 is 0 Å². The van der Waals surface area contributed by atoms with Gasteiger partial charge in [0, 0.05) is 19.5 Å². The lowest BCUT2D eigenvalue weighted by Gasteiger charge is -2.23. The van der Waals surface area contributed by atoms with Crippen LogP contribution in [-0.4, -0.2) is 30.5 Å². The monoisotopic (exact) mass is 285 g/mol. The Labute approximate surface area is 118 Å². The van der Waals surface area contributed by atoms with E-state index in [1.807, 2.05) is 13.8 Å². The average Bonchev–Trinajstić information content (AvgIpc) is 2.44. The van der Waals surface area contributed by atoms with E-state index in [0.29, 0.717) is 12.8 Å². The lowest BCUT2D eigenvalue weighted by Crippen LogP contribution is -2.34. The van der Waals surface area contributed by atoms with Crippen molar-refractivity contribution < 1.29 is 18.3 Å². The Bertz CT molecular complexity index is 420. The first-order chi connectivity index (χ1) is 9.43. The molecule has 3 nitrogen and oxygen atoms in total. The molecule has 5 heteroatoms. The molecule has 0 heterocycles. The zero-order valence-electron chi connectivity index (χ0n) is 12.1. The largest absolute Gasteiger partial charge is 0.435 e. The maximum atomic E-state index is 12.0. The topological polar surface area (TPSA) is 29.5 Å². The molecular weight excluding hydrogens is 264 g/mol. The second-order valence-corrected chi connectivity index (χ2v) is 4.78. The van der Waals surface area contributed by atoms with Crippen LogP contribution < -0.4 is 4.74 Å². The lowest BCUT2D eigenvalue weighted by atomic mass is 10.1. The second-order valence-electron chi connectivity index (χ2n) is 4.78. The summed E-state index contributed by atoms with van der Waals surface area (Å²) >= 11 is 0. The number of carbonyl (C=O) groups is 1. The number of benzene rings is 1. The highest BCUT2D eigenvalue weighted by atomic mass is 19.3. The number of ether oxygens (including phenoxy) is 1. The Balaban J connectivity index is 2.47. The number of carbonyl (C=O) groups excluding carboxylic acids is 1. The smallest absolute Gasteiger partial charge is 0.387 e. The molecule has 0 radical (unpaired) electrons. The van der Waals surface area contributed by atoms with E-state index in [-0.39, 0.29) is 17.7 Å². The summed E-state index contributed by atoms with van der Waals surface area (Å²) in [5, 5.41) is 0. The third kappa shape index (κ3) is 5.15. The standard InChI is InChI=1S/C15H21F2NO2/c1-4-11(2)18(3)14(19)10-7-12-5-8-13(9-6-12)20-15(16)17/h5-6,8-9,11,15H,4,7,10H2,1-3H3. The maximum absolute atomic E-state index is 12.0. The molecule has 0 N–H and O–H groups in total. The average molecular weight is 285 g/mol. The van der Waals surface area contributed by atoms with Gasteiger partial charge in [-0.05, 0) is 37.5 Å². The van der Waals surface area contributed by atoms with Crippen molar-refractivity contribution >= 4 is 5.91 Å². The molecule has 1 aromatic carbocycles. The van der Waals surface area contributed by atoms with Crippen LogP contribution in [0.15, 0.2) is 24.3 Å². The number of aryl methyl sites for hydroxylation is 1. The van der Waals surface area contributed by atoms with Crippen molar-refractivity contribution in [3.05, 3.63) is 29.8 Å². The predicted molar refractivity (Wildman–Crippen MR) is 73.9 cm³/mol. The lowest BCUT2D eigenvalue weighted by molar-refractivity contribution is -0.131. The summed E-state index contributed by atoms with van der Waals surface area (Å²) in [6.45, 7) is 1.23. The molecule has 20 heavy (non-hydrogen) atoms. The van der Waals surface area contributed by atoms with Gasteiger partial charge < -0.3 is 9.64 Å². The van der Waals surface area contributed by atoms with Crippen LogP contribution in [0.5, 0.6) is 5.75 Å². The van der Waals surface area contributed by atoms with Gasteiger partial charge in [0.05, 0.1) is 0 Å². The Kier molecular flexibility index (Phi) is 6.42. The number of amides is 1. The fraction of sp³-hybridized carbons (Fsp3) is 0.533. The molecule has 1 unspecified atom stereocenters. The molecular formula is C15H21F2NO2. The highest BCUT2D eigenvalue weighted by molar-refractivity contribution is 5.76. The number of halogens is 2. The van der Waals surface area contributed by atoms with Gasteiger partial charge in [-0.1, -0.05) is 19.1 Å². The molecule has 0 fully saturated rings. The van der Waals surface area contributed by atoms with Crippen LogP contribution in [0.25, 0.3) is 0 Å². The van der Waals surface area contributed by atoms with Gasteiger partial charge in [-0.3, -0.25) is 4.79 Å². The first-order valence-electron chi connectivity index (χ1n) is 6.73. The quantitative estimate of drug-likeness (QED) is 0.767. The summed E-state index contributed by atoms with van der Waals surface area (Å²) in [5.41, 5.74) is 0.928. The van der Waals surface area contributed by atoms with Crippen molar-refractivity contribution in [2.24, 2.45) is 0 Å². The van der Waals surface area contributed by atoms with Crippen LogP contribution in [0.3, 0.4) is 0 Å². The van der Waals surface area contributed by atoms with Crippen molar-refractivity contribution in [3.63, 3.8) is 0 Å². The zero-order chi connectivity index (χ0) is 15.1. The normalized spacial score (nSPS) is 12.3. The summed E-state index contributed by atoms with van der Waals surface area (Å²) in [7, 11) is 1.80. The van der Waals surface area contributed by atoms with E-state index in [1.54, 1.807) is 24.1 Å². The van der Waals surface area contributed by atoms with Gasteiger partial charge in [0.25, 0.3) is 0 Å². The molecule has 1 atom stereocenters. The van der Waals surface area contributed by atoms with Gasteiger partial charge in [0.15, 0.2) is 0 Å². The first kappa shape index (κ1) is 16.4. The fourth-order valence-electron chi connectivity index (χ4n) is 1.78. The third-order valence-corrected chi connectivity index (χ3v) is 3.42. The van der Waals surface area contributed by atoms with Crippen molar-refractivity contribution in [3.8, 4) is 5.75 Å². The van der Waals surface area contributed by atoms with Crippen LogP contribution in [-0.2, 0) is 11.2 Å². The number of nitrogens with zero attached hydrogens (tertiary/aromatic N) is 1. The maximum Gasteiger partial charge on any atom is 0.387 e. The van der Waals surface area contributed by atoms with Gasteiger partial charge in [0.1, 0.15) is 5.75 Å². The molecule has 0 bridgehead atoms. The molecule has 0 aliphatic carbocycles. The van der Waals surface area contributed by atoms with E-state index in [1.165, 1.54) is 12.1 Å². The molecule has 112 valence electrons. The van der Waals surface area contributed by atoms with E-state index in [0.717, 1.165) is 12.0 Å². The minimum absolute atomic E-state index is 0.0901. The summed E-state index contributed by atoms with van der Waals surface area (Å²) in [6.07, 6.45) is 1.92. The van der Waals surface area contributed by atoms with Crippen LogP contribution in [0.4, 0.5) is 8.78 Å². The summed E-state index contributed by atoms with van der Waals surface area (Å²) < 4.78 is 28.3. The molecule has 0 aromatic heterocycles. The molecule has 1 aromatic rings. The van der Waals surface area contributed by atoms with Crippen LogP contribution in [0.2, 0.25) is 0 Å². The van der Waals surface area contributed by atoms with Crippen molar-refractivity contribution in [1.29, 1.82) is 0 Å². The third-order valence-electron chi connectivity index (χ3n) is 3.42. The number of rotatable bonds is 7. The Morgan fingerprint density at radius 3 is 2.40 bits per heavy atom. The number of hydrogen-bond donors (Lipinski definition) is 0. The minimum atomic E-state index is -2.81. The van der Waals surface area contributed by atoms with Gasteiger partial charge >= 0.3 is 6.61 Å². The van der Waals surface area contributed by atoms with Crippen LogP contribution in [0, 0.1) is 0 Å². The van der Waals surface area contributed by atoms with Crippen molar-refractivity contribution in [1.82, 2.24) is 4.90 Å².